The van der Waals surface area contributed by atoms with Crippen LogP contribution in [-0.2, 0) is 17.8 Å². The lowest BCUT2D eigenvalue weighted by Gasteiger charge is -2.28. The Kier molecular flexibility index (Phi) is 5.81. The van der Waals surface area contributed by atoms with Gasteiger partial charge in [-0.25, -0.2) is 4.39 Å². The number of halogens is 1. The van der Waals surface area contributed by atoms with E-state index in [1.165, 1.54) is 22.6 Å². The van der Waals surface area contributed by atoms with E-state index in [4.69, 9.17) is 4.74 Å². The summed E-state index contributed by atoms with van der Waals surface area (Å²) in [5, 5.41) is 4.81. The lowest BCUT2D eigenvalue weighted by Crippen LogP contribution is -2.35. The largest absolute Gasteiger partial charge is 0.481 e. The molecule has 3 aromatic rings. The highest BCUT2D eigenvalue weighted by Gasteiger charge is 2.24. The molecule has 154 valence electrons. The minimum atomic E-state index is -0.524. The van der Waals surface area contributed by atoms with Gasteiger partial charge in [-0.3, -0.25) is 9.59 Å². The topological polar surface area (TPSA) is 58.6 Å². The summed E-state index contributed by atoms with van der Waals surface area (Å²) in [6.45, 7) is 2.76. The Bertz CT molecular complexity index is 1100. The normalized spacial score (nSPS) is 12.9. The van der Waals surface area contributed by atoms with Gasteiger partial charge >= 0.3 is 0 Å². The van der Waals surface area contributed by atoms with Crippen LogP contribution in [0.1, 0.15) is 26.4 Å². The van der Waals surface area contributed by atoms with Crippen LogP contribution in [0.4, 0.5) is 10.1 Å². The van der Waals surface area contributed by atoms with E-state index in [-0.39, 0.29) is 18.3 Å². The molecule has 4 rings (SSSR count). The fraction of sp³-hybridized carbons (Fsp3) is 0.217. The molecule has 0 saturated carbocycles. The number of benzene rings is 2. The summed E-state index contributed by atoms with van der Waals surface area (Å²) in [4.78, 5) is 28.6. The van der Waals surface area contributed by atoms with Crippen molar-refractivity contribution in [3.8, 4) is 5.75 Å². The van der Waals surface area contributed by atoms with Crippen molar-refractivity contribution in [3.05, 3.63) is 81.3 Å². The summed E-state index contributed by atoms with van der Waals surface area (Å²) in [5.74, 6) is -0.981. The van der Waals surface area contributed by atoms with E-state index >= 15 is 0 Å². The zero-order valence-corrected chi connectivity index (χ0v) is 17.3. The predicted molar refractivity (Wildman–Crippen MR) is 114 cm³/mol. The van der Waals surface area contributed by atoms with Gasteiger partial charge in [-0.05, 0) is 60.2 Å². The standard InChI is InChI=1S/C23H21FN2O3S/c1-15-17(23(28)26-11-9-21-16(13-26)10-12-30-21)5-4-7-19(15)25-22(27)14-29-20-8-3-2-6-18(20)24/h2-8,10,12H,9,11,13-14H2,1H3,(H,25,27). The van der Waals surface area contributed by atoms with Crippen LogP contribution in [-0.4, -0.2) is 29.9 Å². The van der Waals surface area contributed by atoms with E-state index in [9.17, 15) is 14.0 Å². The maximum absolute atomic E-state index is 13.6. The van der Waals surface area contributed by atoms with Crippen LogP contribution in [0.3, 0.4) is 0 Å². The molecular weight excluding hydrogens is 403 g/mol. The van der Waals surface area contributed by atoms with Crippen LogP contribution in [0.2, 0.25) is 0 Å². The van der Waals surface area contributed by atoms with Gasteiger partial charge in [-0.2, -0.15) is 0 Å². The minimum Gasteiger partial charge on any atom is -0.481 e. The Morgan fingerprint density at radius 1 is 1.17 bits per heavy atom. The average molecular weight is 424 g/mol. The quantitative estimate of drug-likeness (QED) is 0.660. The van der Waals surface area contributed by atoms with Crippen molar-refractivity contribution in [3.63, 3.8) is 0 Å². The molecule has 2 heterocycles. The first-order valence-electron chi connectivity index (χ1n) is 9.64. The van der Waals surface area contributed by atoms with Crippen molar-refractivity contribution in [2.24, 2.45) is 0 Å². The second kappa shape index (κ2) is 8.67. The Labute approximate surface area is 178 Å². The van der Waals surface area contributed by atoms with Gasteiger partial charge in [0.05, 0.1) is 0 Å². The van der Waals surface area contributed by atoms with Crippen molar-refractivity contribution >= 4 is 28.8 Å². The summed E-state index contributed by atoms with van der Waals surface area (Å²) in [6.07, 6.45) is 0.863. The van der Waals surface area contributed by atoms with Crippen molar-refractivity contribution in [2.75, 3.05) is 18.5 Å². The minimum absolute atomic E-state index is 0.0196. The number of nitrogens with one attached hydrogen (secondary N) is 1. The van der Waals surface area contributed by atoms with E-state index in [1.807, 2.05) is 4.90 Å². The summed E-state index contributed by atoms with van der Waals surface area (Å²) >= 11 is 1.73. The highest BCUT2D eigenvalue weighted by molar-refractivity contribution is 7.10. The molecular formula is C23H21FN2O3S. The molecule has 2 amide bonds. The number of hydrogen-bond donors (Lipinski definition) is 1. The molecule has 1 aliphatic rings. The Morgan fingerprint density at radius 3 is 2.83 bits per heavy atom. The number of anilines is 1. The molecule has 0 unspecified atom stereocenters. The number of fused-ring (bicyclic) bond motifs is 1. The third kappa shape index (κ3) is 4.21. The van der Waals surface area contributed by atoms with Gasteiger partial charge in [0.25, 0.3) is 11.8 Å². The molecule has 5 nitrogen and oxygen atoms in total. The average Bonchev–Trinajstić information content (AvgIpc) is 3.22. The number of para-hydroxylation sites is 1. The van der Waals surface area contributed by atoms with E-state index in [1.54, 1.807) is 48.6 Å². The molecule has 2 aromatic carbocycles. The lowest BCUT2D eigenvalue weighted by atomic mass is 10.0. The molecule has 0 spiro atoms. The summed E-state index contributed by atoms with van der Waals surface area (Å²) in [7, 11) is 0. The molecule has 0 fully saturated rings. The van der Waals surface area contributed by atoms with Gasteiger partial charge in [-0.15, -0.1) is 11.3 Å². The molecule has 0 atom stereocenters. The van der Waals surface area contributed by atoms with E-state index in [2.05, 4.69) is 16.8 Å². The first-order chi connectivity index (χ1) is 14.5. The summed E-state index contributed by atoms with van der Waals surface area (Å²) in [6, 6.07) is 13.2. The predicted octanol–water partition coefficient (Wildman–Crippen LogP) is 4.41. The Hall–Kier alpha value is -3.19. The smallest absolute Gasteiger partial charge is 0.262 e. The van der Waals surface area contributed by atoms with Gasteiger partial charge in [0.15, 0.2) is 18.2 Å². The van der Waals surface area contributed by atoms with Gasteiger partial charge in [0.2, 0.25) is 0 Å². The maximum Gasteiger partial charge on any atom is 0.262 e. The van der Waals surface area contributed by atoms with Gasteiger partial charge in [-0.1, -0.05) is 18.2 Å². The highest BCUT2D eigenvalue weighted by atomic mass is 32.1. The molecule has 7 heteroatoms. The lowest BCUT2D eigenvalue weighted by molar-refractivity contribution is -0.118. The molecule has 0 bridgehead atoms. The number of nitrogens with zero attached hydrogens (tertiary/aromatic N) is 1. The number of thiophene rings is 1. The molecule has 1 aliphatic heterocycles. The first kappa shape index (κ1) is 20.1. The van der Waals surface area contributed by atoms with Crippen LogP contribution >= 0.6 is 11.3 Å². The molecule has 0 radical (unpaired) electrons. The van der Waals surface area contributed by atoms with Gasteiger partial charge in [0.1, 0.15) is 0 Å². The highest BCUT2D eigenvalue weighted by Crippen LogP contribution is 2.27. The van der Waals surface area contributed by atoms with Crippen molar-refractivity contribution < 1.29 is 18.7 Å². The number of rotatable bonds is 5. The second-order valence-electron chi connectivity index (χ2n) is 7.09. The monoisotopic (exact) mass is 424 g/mol. The third-order valence-corrected chi connectivity index (χ3v) is 6.15. The number of carbonyl (C=O) groups is 2. The van der Waals surface area contributed by atoms with Crippen molar-refractivity contribution in [1.29, 1.82) is 0 Å². The van der Waals surface area contributed by atoms with E-state index in [0.717, 1.165) is 6.42 Å². The number of hydrogen-bond acceptors (Lipinski definition) is 4. The van der Waals surface area contributed by atoms with Gasteiger partial charge < -0.3 is 15.0 Å². The van der Waals surface area contributed by atoms with Crippen LogP contribution < -0.4 is 10.1 Å². The maximum atomic E-state index is 13.6. The number of ether oxygens (including phenoxy) is 1. The summed E-state index contributed by atoms with van der Waals surface area (Å²) in [5.41, 5.74) is 2.99. The molecule has 0 saturated heterocycles. The van der Waals surface area contributed by atoms with Crippen LogP contribution in [0.15, 0.2) is 53.9 Å². The van der Waals surface area contributed by atoms with Crippen molar-refractivity contribution in [1.82, 2.24) is 4.90 Å². The molecule has 1 aromatic heterocycles. The zero-order valence-electron chi connectivity index (χ0n) is 16.5. The van der Waals surface area contributed by atoms with Crippen LogP contribution in [0.25, 0.3) is 0 Å². The fourth-order valence-corrected chi connectivity index (χ4v) is 4.38. The van der Waals surface area contributed by atoms with Crippen molar-refractivity contribution in [2.45, 2.75) is 19.9 Å². The van der Waals surface area contributed by atoms with Gasteiger partial charge in [0, 0.05) is 29.2 Å². The Morgan fingerprint density at radius 2 is 2.00 bits per heavy atom. The number of amides is 2. The Balaban J connectivity index is 1.43. The molecule has 0 aliphatic carbocycles. The third-order valence-electron chi connectivity index (χ3n) is 5.13. The molecule has 1 N–H and O–H groups in total. The SMILES string of the molecule is Cc1c(NC(=O)COc2ccccc2F)cccc1C(=O)N1CCc2sccc2C1. The fourth-order valence-electron chi connectivity index (χ4n) is 3.49. The van der Waals surface area contributed by atoms with Crippen LogP contribution in [0.5, 0.6) is 5.75 Å². The first-order valence-corrected chi connectivity index (χ1v) is 10.5. The van der Waals surface area contributed by atoms with Crippen LogP contribution in [0, 0.1) is 12.7 Å². The molecule has 30 heavy (non-hydrogen) atoms. The number of carbonyl (C=O) groups excluding carboxylic acids is 2. The zero-order chi connectivity index (χ0) is 21.1. The van der Waals surface area contributed by atoms with E-state index in [0.29, 0.717) is 29.9 Å². The second-order valence-corrected chi connectivity index (χ2v) is 8.09. The summed E-state index contributed by atoms with van der Waals surface area (Å²) < 4.78 is 18.9. The van der Waals surface area contributed by atoms with E-state index < -0.39 is 11.7 Å².